The summed E-state index contributed by atoms with van der Waals surface area (Å²) in [5, 5.41) is 6.23. The summed E-state index contributed by atoms with van der Waals surface area (Å²) in [6, 6.07) is 7.04. The molecule has 0 atom stereocenters. The van der Waals surface area contributed by atoms with Crippen LogP contribution in [0.15, 0.2) is 24.3 Å². The molecular formula is C17H26ClN3O2. The summed E-state index contributed by atoms with van der Waals surface area (Å²) in [6.07, 6.45) is 3.83. The van der Waals surface area contributed by atoms with Gasteiger partial charge in [0.25, 0.3) is 5.91 Å². The second-order valence-corrected chi connectivity index (χ2v) is 6.06. The zero-order valence-corrected chi connectivity index (χ0v) is 14.6. The molecule has 2 N–H and O–H groups in total. The van der Waals surface area contributed by atoms with Crippen molar-refractivity contribution >= 4 is 29.9 Å². The van der Waals surface area contributed by atoms with Crippen LogP contribution in [-0.2, 0) is 4.79 Å². The van der Waals surface area contributed by atoms with E-state index in [1.807, 2.05) is 0 Å². The molecule has 2 rings (SSSR count). The Kier molecular flexibility index (Phi) is 8.06. The topological polar surface area (TPSA) is 61.4 Å². The molecule has 1 aliphatic heterocycles. The van der Waals surface area contributed by atoms with E-state index in [9.17, 15) is 9.59 Å². The second-order valence-electron chi connectivity index (χ2n) is 6.06. The van der Waals surface area contributed by atoms with Gasteiger partial charge in [0, 0.05) is 31.8 Å². The molecule has 2 amide bonds. The van der Waals surface area contributed by atoms with Gasteiger partial charge in [0.2, 0.25) is 5.91 Å². The number of carbonyl (C=O) groups is 2. The number of rotatable bonds is 5. The smallest absolute Gasteiger partial charge is 0.253 e. The maximum absolute atomic E-state index is 12.0. The van der Waals surface area contributed by atoms with Gasteiger partial charge in [-0.2, -0.15) is 0 Å². The number of carbonyl (C=O) groups excluding carboxylic acids is 2. The zero-order chi connectivity index (χ0) is 15.9. The minimum atomic E-state index is -0.0382. The lowest BCUT2D eigenvalue weighted by molar-refractivity contribution is -0.116. The van der Waals surface area contributed by atoms with Crippen molar-refractivity contribution in [2.45, 2.75) is 25.7 Å². The maximum atomic E-state index is 12.0. The quantitative estimate of drug-likeness (QED) is 0.866. The number of nitrogens with one attached hydrogen (secondary N) is 2. The molecule has 0 radical (unpaired) electrons. The van der Waals surface area contributed by atoms with E-state index >= 15 is 0 Å². The van der Waals surface area contributed by atoms with E-state index in [1.54, 1.807) is 38.4 Å². The van der Waals surface area contributed by atoms with Crippen LogP contribution in [0.3, 0.4) is 0 Å². The highest BCUT2D eigenvalue weighted by Gasteiger charge is 2.14. The average Bonchev–Trinajstić information content (AvgIpc) is 2.54. The third kappa shape index (κ3) is 6.20. The Bertz CT molecular complexity index is 511. The molecule has 5 nitrogen and oxygen atoms in total. The van der Waals surface area contributed by atoms with Crippen molar-refractivity contribution in [3.8, 4) is 0 Å². The molecule has 1 fully saturated rings. The van der Waals surface area contributed by atoms with E-state index in [1.165, 1.54) is 4.90 Å². The van der Waals surface area contributed by atoms with Gasteiger partial charge in [-0.3, -0.25) is 9.59 Å². The number of amides is 2. The van der Waals surface area contributed by atoms with Gasteiger partial charge in [-0.1, -0.05) is 0 Å². The molecular weight excluding hydrogens is 314 g/mol. The van der Waals surface area contributed by atoms with Crippen molar-refractivity contribution in [2.24, 2.45) is 5.92 Å². The molecule has 1 aromatic rings. The lowest BCUT2D eigenvalue weighted by atomic mass is 9.93. The van der Waals surface area contributed by atoms with Crippen LogP contribution in [0.1, 0.15) is 36.0 Å². The molecule has 0 aromatic heterocycles. The van der Waals surface area contributed by atoms with Gasteiger partial charge in [-0.25, -0.2) is 0 Å². The third-order valence-electron chi connectivity index (χ3n) is 4.06. The highest BCUT2D eigenvalue weighted by molar-refractivity contribution is 5.95. The maximum Gasteiger partial charge on any atom is 0.253 e. The minimum absolute atomic E-state index is 0. The van der Waals surface area contributed by atoms with E-state index in [-0.39, 0.29) is 24.2 Å². The van der Waals surface area contributed by atoms with E-state index in [0.717, 1.165) is 38.0 Å². The summed E-state index contributed by atoms with van der Waals surface area (Å²) < 4.78 is 0. The summed E-state index contributed by atoms with van der Waals surface area (Å²) in [7, 11) is 3.44. The van der Waals surface area contributed by atoms with Gasteiger partial charge in [-0.15, -0.1) is 12.4 Å². The number of anilines is 1. The predicted octanol–water partition coefficient (Wildman–Crippen LogP) is 2.53. The summed E-state index contributed by atoms with van der Waals surface area (Å²) in [6.45, 7) is 2.13. The molecule has 6 heteroatoms. The van der Waals surface area contributed by atoms with Crippen molar-refractivity contribution < 1.29 is 9.59 Å². The number of nitrogens with zero attached hydrogens (tertiary/aromatic N) is 1. The highest BCUT2D eigenvalue weighted by Crippen LogP contribution is 2.18. The largest absolute Gasteiger partial charge is 0.345 e. The molecule has 0 unspecified atom stereocenters. The molecule has 23 heavy (non-hydrogen) atoms. The first-order chi connectivity index (χ1) is 10.6. The normalized spacial score (nSPS) is 14.7. The molecule has 1 heterocycles. The third-order valence-corrected chi connectivity index (χ3v) is 4.06. The predicted molar refractivity (Wildman–Crippen MR) is 95.2 cm³/mol. The van der Waals surface area contributed by atoms with Crippen LogP contribution in [0.25, 0.3) is 0 Å². The average molecular weight is 340 g/mol. The number of piperidine rings is 1. The van der Waals surface area contributed by atoms with Gasteiger partial charge >= 0.3 is 0 Å². The SMILES string of the molecule is CN(C)C(=O)c1ccc(NC(=O)CCC2CCNCC2)cc1.Cl. The Morgan fingerprint density at radius 3 is 2.35 bits per heavy atom. The van der Waals surface area contributed by atoms with Crippen LogP contribution < -0.4 is 10.6 Å². The first-order valence-electron chi connectivity index (χ1n) is 7.88. The van der Waals surface area contributed by atoms with Gasteiger partial charge in [0.05, 0.1) is 0 Å². The summed E-state index contributed by atoms with van der Waals surface area (Å²) in [5.41, 5.74) is 1.36. The van der Waals surface area contributed by atoms with Crippen LogP contribution in [0.2, 0.25) is 0 Å². The van der Waals surface area contributed by atoms with Gasteiger partial charge in [-0.05, 0) is 62.5 Å². The molecule has 1 aromatic carbocycles. The number of hydrogen-bond donors (Lipinski definition) is 2. The van der Waals surface area contributed by atoms with Gasteiger partial charge in [0.15, 0.2) is 0 Å². The molecule has 0 saturated carbocycles. The first-order valence-corrected chi connectivity index (χ1v) is 7.88. The molecule has 1 aliphatic rings. The summed E-state index contributed by atoms with van der Waals surface area (Å²) in [5.74, 6) is 0.668. The molecule has 0 spiro atoms. The van der Waals surface area contributed by atoms with E-state index in [0.29, 0.717) is 17.9 Å². The standard InChI is InChI=1S/C17H25N3O2.ClH/c1-20(2)17(22)14-4-6-15(7-5-14)19-16(21)8-3-13-9-11-18-12-10-13;/h4-7,13,18H,3,8-12H2,1-2H3,(H,19,21);1H. The number of benzene rings is 1. The summed E-state index contributed by atoms with van der Waals surface area (Å²) >= 11 is 0. The van der Waals surface area contributed by atoms with E-state index in [4.69, 9.17) is 0 Å². The fourth-order valence-corrected chi connectivity index (χ4v) is 2.68. The lowest BCUT2D eigenvalue weighted by Crippen LogP contribution is -2.28. The lowest BCUT2D eigenvalue weighted by Gasteiger charge is -2.22. The highest BCUT2D eigenvalue weighted by atomic mass is 35.5. The fraction of sp³-hybridized carbons (Fsp3) is 0.529. The molecule has 1 saturated heterocycles. The Hall–Kier alpha value is -1.59. The van der Waals surface area contributed by atoms with Crippen molar-refractivity contribution in [3.05, 3.63) is 29.8 Å². The fourth-order valence-electron chi connectivity index (χ4n) is 2.68. The van der Waals surface area contributed by atoms with Crippen LogP contribution >= 0.6 is 12.4 Å². The Balaban J connectivity index is 0.00000264. The first kappa shape index (κ1) is 19.5. The Morgan fingerprint density at radius 2 is 1.78 bits per heavy atom. The van der Waals surface area contributed by atoms with E-state index in [2.05, 4.69) is 10.6 Å². The van der Waals surface area contributed by atoms with Crippen LogP contribution in [0.4, 0.5) is 5.69 Å². The Labute approximate surface area is 144 Å². The van der Waals surface area contributed by atoms with Crippen LogP contribution in [0.5, 0.6) is 0 Å². The van der Waals surface area contributed by atoms with Crippen LogP contribution in [0, 0.1) is 5.92 Å². The molecule has 128 valence electrons. The van der Waals surface area contributed by atoms with Crippen molar-refractivity contribution in [3.63, 3.8) is 0 Å². The zero-order valence-electron chi connectivity index (χ0n) is 13.8. The molecule has 0 bridgehead atoms. The minimum Gasteiger partial charge on any atom is -0.345 e. The van der Waals surface area contributed by atoms with Crippen LogP contribution in [-0.4, -0.2) is 43.9 Å². The second kappa shape index (κ2) is 9.53. The van der Waals surface area contributed by atoms with E-state index < -0.39 is 0 Å². The van der Waals surface area contributed by atoms with Gasteiger partial charge < -0.3 is 15.5 Å². The van der Waals surface area contributed by atoms with Gasteiger partial charge in [0.1, 0.15) is 0 Å². The Morgan fingerprint density at radius 1 is 1.17 bits per heavy atom. The number of halogens is 1. The van der Waals surface area contributed by atoms with Crippen molar-refractivity contribution in [1.82, 2.24) is 10.2 Å². The summed E-state index contributed by atoms with van der Waals surface area (Å²) in [4.78, 5) is 25.3. The number of hydrogen-bond acceptors (Lipinski definition) is 3. The molecule has 0 aliphatic carbocycles. The monoisotopic (exact) mass is 339 g/mol. The van der Waals surface area contributed by atoms with Crippen molar-refractivity contribution in [1.29, 1.82) is 0 Å². The van der Waals surface area contributed by atoms with Crippen molar-refractivity contribution in [2.75, 3.05) is 32.5 Å².